The maximum Gasteiger partial charge on any atom is 0.124 e. The Morgan fingerprint density at radius 2 is 1.84 bits per heavy atom. The largest absolute Gasteiger partial charge is 0.496 e. The molecule has 0 saturated carbocycles. The average molecular weight is 388 g/mol. The summed E-state index contributed by atoms with van der Waals surface area (Å²) in [5, 5.41) is 4.02. The fourth-order valence-corrected chi connectivity index (χ4v) is 2.63. The molecule has 0 aliphatic carbocycles. The van der Waals surface area contributed by atoms with E-state index >= 15 is 0 Å². The summed E-state index contributed by atoms with van der Waals surface area (Å²) in [7, 11) is 3.61. The van der Waals surface area contributed by atoms with Crippen LogP contribution in [0, 0.1) is 3.57 Å². The summed E-state index contributed by atoms with van der Waals surface area (Å²) in [5.41, 5.74) is 2.22. The molecule has 0 bridgehead atoms. The van der Waals surface area contributed by atoms with E-state index in [9.17, 15) is 0 Å². The van der Waals surface area contributed by atoms with Crippen molar-refractivity contribution in [3.63, 3.8) is 0 Å². The van der Waals surface area contributed by atoms with Crippen LogP contribution in [0.2, 0.25) is 5.02 Å². The third-order valence-electron chi connectivity index (χ3n) is 2.99. The van der Waals surface area contributed by atoms with E-state index in [2.05, 4.69) is 52.2 Å². The molecule has 0 fully saturated rings. The third-order valence-corrected chi connectivity index (χ3v) is 3.95. The van der Waals surface area contributed by atoms with Crippen molar-refractivity contribution in [2.24, 2.45) is 0 Å². The van der Waals surface area contributed by atoms with Crippen molar-refractivity contribution in [2.75, 3.05) is 14.2 Å². The van der Waals surface area contributed by atoms with Crippen LogP contribution in [0.4, 0.5) is 0 Å². The molecule has 1 unspecified atom stereocenters. The van der Waals surface area contributed by atoms with E-state index in [1.807, 2.05) is 25.2 Å². The molecule has 2 aromatic rings. The second-order valence-electron chi connectivity index (χ2n) is 4.16. The van der Waals surface area contributed by atoms with Crippen molar-refractivity contribution in [1.29, 1.82) is 0 Å². The number of ether oxygens (including phenoxy) is 1. The van der Waals surface area contributed by atoms with Gasteiger partial charge in [-0.25, -0.2) is 0 Å². The molecule has 0 saturated heterocycles. The predicted octanol–water partition coefficient (Wildman–Crippen LogP) is 4.26. The molecule has 0 spiro atoms. The molecule has 0 radical (unpaired) electrons. The normalized spacial score (nSPS) is 12.2. The lowest BCUT2D eigenvalue weighted by Gasteiger charge is -2.20. The Labute approximate surface area is 132 Å². The van der Waals surface area contributed by atoms with Gasteiger partial charge >= 0.3 is 0 Å². The van der Waals surface area contributed by atoms with Crippen LogP contribution in [0.5, 0.6) is 5.75 Å². The summed E-state index contributed by atoms with van der Waals surface area (Å²) in [4.78, 5) is 0. The first-order valence-electron chi connectivity index (χ1n) is 5.92. The average Bonchev–Trinajstić information content (AvgIpc) is 2.42. The van der Waals surface area contributed by atoms with Gasteiger partial charge in [-0.1, -0.05) is 23.7 Å². The van der Waals surface area contributed by atoms with Gasteiger partial charge in [0.1, 0.15) is 5.75 Å². The van der Waals surface area contributed by atoms with Gasteiger partial charge in [0.2, 0.25) is 0 Å². The SMILES string of the molecule is CNC(c1ccc(I)cc1)c1cc(Cl)ccc1OC. The first-order valence-corrected chi connectivity index (χ1v) is 7.37. The van der Waals surface area contributed by atoms with E-state index in [4.69, 9.17) is 16.3 Å². The van der Waals surface area contributed by atoms with Gasteiger partial charge in [0.25, 0.3) is 0 Å². The van der Waals surface area contributed by atoms with E-state index in [1.54, 1.807) is 7.11 Å². The van der Waals surface area contributed by atoms with Gasteiger partial charge in [0, 0.05) is 14.2 Å². The van der Waals surface area contributed by atoms with Crippen LogP contribution >= 0.6 is 34.2 Å². The van der Waals surface area contributed by atoms with Gasteiger partial charge in [0.15, 0.2) is 0 Å². The topological polar surface area (TPSA) is 21.3 Å². The van der Waals surface area contributed by atoms with Crippen molar-refractivity contribution in [1.82, 2.24) is 5.32 Å². The lowest BCUT2D eigenvalue weighted by atomic mass is 9.98. The molecule has 1 atom stereocenters. The van der Waals surface area contributed by atoms with Gasteiger partial charge in [-0.05, 0) is 65.5 Å². The number of rotatable bonds is 4. The monoisotopic (exact) mass is 387 g/mol. The summed E-state index contributed by atoms with van der Waals surface area (Å²) in [6.45, 7) is 0. The van der Waals surface area contributed by atoms with Crippen LogP contribution in [0.1, 0.15) is 17.2 Å². The second-order valence-corrected chi connectivity index (χ2v) is 5.84. The maximum absolute atomic E-state index is 6.10. The van der Waals surface area contributed by atoms with Gasteiger partial charge in [0.05, 0.1) is 13.2 Å². The van der Waals surface area contributed by atoms with Gasteiger partial charge < -0.3 is 10.1 Å². The minimum absolute atomic E-state index is 0.0608. The second kappa shape index (κ2) is 6.59. The number of hydrogen-bond acceptors (Lipinski definition) is 2. The van der Waals surface area contributed by atoms with Crippen LogP contribution in [0.15, 0.2) is 42.5 Å². The summed E-state index contributed by atoms with van der Waals surface area (Å²) in [6.07, 6.45) is 0. The van der Waals surface area contributed by atoms with E-state index in [1.165, 1.54) is 9.13 Å². The van der Waals surface area contributed by atoms with Crippen molar-refractivity contribution >= 4 is 34.2 Å². The maximum atomic E-state index is 6.10. The summed E-state index contributed by atoms with van der Waals surface area (Å²) < 4.78 is 6.65. The zero-order valence-corrected chi connectivity index (χ0v) is 13.7. The fraction of sp³-hybridized carbons (Fsp3) is 0.200. The summed E-state index contributed by atoms with van der Waals surface area (Å²) in [6, 6.07) is 14.2. The minimum Gasteiger partial charge on any atom is -0.496 e. The summed E-state index contributed by atoms with van der Waals surface area (Å²) in [5.74, 6) is 0.835. The zero-order chi connectivity index (χ0) is 13.8. The number of nitrogens with one attached hydrogen (secondary N) is 1. The Bertz CT molecular complexity index is 557. The number of methoxy groups -OCH3 is 1. The Kier molecular flexibility index (Phi) is 5.07. The molecule has 2 rings (SSSR count). The lowest BCUT2D eigenvalue weighted by molar-refractivity contribution is 0.405. The van der Waals surface area contributed by atoms with Crippen LogP contribution < -0.4 is 10.1 Å². The molecular weight excluding hydrogens is 373 g/mol. The molecule has 2 aromatic carbocycles. The molecule has 100 valence electrons. The first-order chi connectivity index (χ1) is 9.15. The number of halogens is 2. The molecule has 0 aliphatic heterocycles. The van der Waals surface area contributed by atoms with E-state index in [0.29, 0.717) is 5.02 Å². The van der Waals surface area contributed by atoms with Crippen molar-refractivity contribution < 1.29 is 4.74 Å². The minimum atomic E-state index is 0.0608. The molecule has 0 heterocycles. The molecular formula is C15H15ClINO. The first kappa shape index (κ1) is 14.6. The number of benzene rings is 2. The highest BCUT2D eigenvalue weighted by atomic mass is 127. The van der Waals surface area contributed by atoms with Crippen LogP contribution in [-0.2, 0) is 0 Å². The van der Waals surface area contributed by atoms with Crippen LogP contribution in [0.25, 0.3) is 0 Å². The summed E-state index contributed by atoms with van der Waals surface area (Å²) >= 11 is 8.40. The van der Waals surface area contributed by atoms with Crippen molar-refractivity contribution in [2.45, 2.75) is 6.04 Å². The van der Waals surface area contributed by atoms with Crippen LogP contribution in [-0.4, -0.2) is 14.2 Å². The quantitative estimate of drug-likeness (QED) is 0.792. The fourth-order valence-electron chi connectivity index (χ4n) is 2.09. The van der Waals surface area contributed by atoms with Gasteiger partial charge in [-0.15, -0.1) is 0 Å². The highest BCUT2D eigenvalue weighted by Crippen LogP contribution is 2.32. The molecule has 0 amide bonds. The predicted molar refractivity (Wildman–Crippen MR) is 88.1 cm³/mol. The smallest absolute Gasteiger partial charge is 0.124 e. The zero-order valence-electron chi connectivity index (χ0n) is 10.8. The molecule has 0 aromatic heterocycles. The highest BCUT2D eigenvalue weighted by molar-refractivity contribution is 14.1. The van der Waals surface area contributed by atoms with Crippen LogP contribution in [0.3, 0.4) is 0 Å². The molecule has 1 N–H and O–H groups in total. The highest BCUT2D eigenvalue weighted by Gasteiger charge is 2.16. The van der Waals surface area contributed by atoms with E-state index in [-0.39, 0.29) is 6.04 Å². The van der Waals surface area contributed by atoms with Crippen molar-refractivity contribution in [3.05, 3.63) is 62.2 Å². The Hall–Kier alpha value is -0.780. The standard InChI is InChI=1S/C15H15ClINO/c1-18-15(10-3-6-12(17)7-4-10)13-9-11(16)5-8-14(13)19-2/h3-9,15,18H,1-2H3. The van der Waals surface area contributed by atoms with E-state index in [0.717, 1.165) is 11.3 Å². The Morgan fingerprint density at radius 3 is 2.42 bits per heavy atom. The number of hydrogen-bond donors (Lipinski definition) is 1. The van der Waals surface area contributed by atoms with Gasteiger partial charge in [-0.3, -0.25) is 0 Å². The van der Waals surface area contributed by atoms with Gasteiger partial charge in [-0.2, -0.15) is 0 Å². The van der Waals surface area contributed by atoms with E-state index < -0.39 is 0 Å². The Morgan fingerprint density at radius 1 is 1.16 bits per heavy atom. The molecule has 19 heavy (non-hydrogen) atoms. The third kappa shape index (κ3) is 3.41. The Balaban J connectivity index is 2.47. The molecule has 2 nitrogen and oxygen atoms in total. The molecule has 4 heteroatoms. The lowest BCUT2D eigenvalue weighted by Crippen LogP contribution is -2.18. The molecule has 0 aliphatic rings. The van der Waals surface area contributed by atoms with Crippen molar-refractivity contribution in [3.8, 4) is 5.75 Å².